The highest BCUT2D eigenvalue weighted by molar-refractivity contribution is 14.1. The van der Waals surface area contributed by atoms with Gasteiger partial charge in [-0.15, -0.1) is 0 Å². The van der Waals surface area contributed by atoms with Gasteiger partial charge in [0.15, 0.2) is 0 Å². The molecule has 0 saturated heterocycles. The molecule has 2 aromatic carbocycles. The Balaban J connectivity index is 2.44. The minimum absolute atomic E-state index is 0.213. The molecule has 8 heteroatoms. The molecule has 0 saturated carbocycles. The second-order valence-electron chi connectivity index (χ2n) is 3.82. The molecule has 7 nitrogen and oxygen atoms in total. The standard InChI is InChI=1S/C12H8IN3O4/c13-9-3-1-2-4-10(9)14-11-6-5-8(15(17)18)7-12(11)16(19)20/h1-7,14H. The van der Waals surface area contributed by atoms with Gasteiger partial charge >= 0.3 is 0 Å². The van der Waals surface area contributed by atoms with Crippen LogP contribution in [0.25, 0.3) is 0 Å². The van der Waals surface area contributed by atoms with Crippen LogP contribution in [0.1, 0.15) is 0 Å². The lowest BCUT2D eigenvalue weighted by molar-refractivity contribution is -0.393. The molecular formula is C12H8IN3O4. The number of hydrogen-bond donors (Lipinski definition) is 1. The molecule has 102 valence electrons. The number of non-ortho nitro benzene ring substituents is 1. The summed E-state index contributed by atoms with van der Waals surface area (Å²) in [5.41, 5.74) is 0.263. The monoisotopic (exact) mass is 385 g/mol. The normalized spacial score (nSPS) is 10.1. The van der Waals surface area contributed by atoms with Crippen molar-refractivity contribution in [1.29, 1.82) is 0 Å². The molecule has 1 N–H and O–H groups in total. The van der Waals surface area contributed by atoms with Gasteiger partial charge in [0.05, 0.1) is 21.6 Å². The molecule has 0 amide bonds. The molecule has 0 aliphatic heterocycles. The van der Waals surface area contributed by atoms with Crippen LogP contribution in [-0.2, 0) is 0 Å². The summed E-state index contributed by atoms with van der Waals surface area (Å²) in [6.45, 7) is 0. The lowest BCUT2D eigenvalue weighted by atomic mass is 10.2. The molecule has 0 unspecified atom stereocenters. The van der Waals surface area contributed by atoms with Gasteiger partial charge in [-0.25, -0.2) is 0 Å². The van der Waals surface area contributed by atoms with Crippen molar-refractivity contribution in [2.24, 2.45) is 0 Å². The summed E-state index contributed by atoms with van der Waals surface area (Å²) in [5.74, 6) is 0. The molecule has 0 atom stereocenters. The number of anilines is 2. The highest BCUT2D eigenvalue weighted by Gasteiger charge is 2.19. The van der Waals surface area contributed by atoms with Crippen LogP contribution in [0.15, 0.2) is 42.5 Å². The first-order valence-electron chi connectivity index (χ1n) is 5.43. The van der Waals surface area contributed by atoms with E-state index in [4.69, 9.17) is 0 Å². The molecule has 0 fully saturated rings. The number of benzene rings is 2. The summed E-state index contributed by atoms with van der Waals surface area (Å²) in [6, 6.07) is 10.8. The zero-order valence-corrected chi connectivity index (χ0v) is 12.1. The van der Waals surface area contributed by atoms with Crippen LogP contribution >= 0.6 is 22.6 Å². The average Bonchev–Trinajstić information content (AvgIpc) is 2.41. The first-order chi connectivity index (χ1) is 9.49. The van der Waals surface area contributed by atoms with E-state index >= 15 is 0 Å². The molecule has 0 aliphatic rings. The predicted molar refractivity (Wildman–Crippen MR) is 82.2 cm³/mol. The van der Waals surface area contributed by atoms with Gasteiger partial charge in [0.1, 0.15) is 5.69 Å². The van der Waals surface area contributed by atoms with Crippen LogP contribution in [-0.4, -0.2) is 9.85 Å². The fourth-order valence-electron chi connectivity index (χ4n) is 1.60. The fourth-order valence-corrected chi connectivity index (χ4v) is 2.12. The van der Waals surface area contributed by atoms with Gasteiger partial charge in [-0.3, -0.25) is 20.2 Å². The van der Waals surface area contributed by atoms with Crippen molar-refractivity contribution in [3.05, 3.63) is 66.3 Å². The van der Waals surface area contributed by atoms with E-state index in [0.717, 1.165) is 9.64 Å². The van der Waals surface area contributed by atoms with Gasteiger partial charge in [-0.2, -0.15) is 0 Å². The first kappa shape index (κ1) is 14.2. The van der Waals surface area contributed by atoms with Crippen LogP contribution in [0.3, 0.4) is 0 Å². The molecular weight excluding hydrogens is 377 g/mol. The Hall–Kier alpha value is -2.23. The number of nitrogens with one attached hydrogen (secondary N) is 1. The number of para-hydroxylation sites is 1. The van der Waals surface area contributed by atoms with E-state index in [9.17, 15) is 20.2 Å². The van der Waals surface area contributed by atoms with Gasteiger partial charge in [-0.05, 0) is 40.8 Å². The van der Waals surface area contributed by atoms with Gasteiger partial charge in [0.2, 0.25) is 0 Å². The summed E-state index contributed by atoms with van der Waals surface area (Å²) in [7, 11) is 0. The van der Waals surface area contributed by atoms with E-state index in [1.807, 2.05) is 12.1 Å². The van der Waals surface area contributed by atoms with E-state index in [2.05, 4.69) is 27.9 Å². The van der Waals surface area contributed by atoms with Gasteiger partial charge in [0.25, 0.3) is 11.4 Å². The summed E-state index contributed by atoms with van der Waals surface area (Å²) >= 11 is 2.09. The summed E-state index contributed by atoms with van der Waals surface area (Å²) < 4.78 is 0.887. The number of rotatable bonds is 4. The lowest BCUT2D eigenvalue weighted by Gasteiger charge is -2.08. The zero-order chi connectivity index (χ0) is 14.7. The summed E-state index contributed by atoms with van der Waals surface area (Å²) in [6.07, 6.45) is 0. The van der Waals surface area contributed by atoms with Crippen molar-refractivity contribution in [3.8, 4) is 0 Å². The highest BCUT2D eigenvalue weighted by Crippen LogP contribution is 2.32. The molecule has 0 radical (unpaired) electrons. The minimum atomic E-state index is -0.664. The molecule has 0 heterocycles. The first-order valence-corrected chi connectivity index (χ1v) is 6.51. The summed E-state index contributed by atoms with van der Waals surface area (Å²) in [5, 5.41) is 24.6. The second-order valence-corrected chi connectivity index (χ2v) is 4.98. The molecule has 2 rings (SSSR count). The third-order valence-corrected chi connectivity index (χ3v) is 3.47. The Morgan fingerprint density at radius 2 is 1.65 bits per heavy atom. The smallest absolute Gasteiger partial charge is 0.299 e. The Bertz CT molecular complexity index is 690. The predicted octanol–water partition coefficient (Wildman–Crippen LogP) is 3.85. The third kappa shape index (κ3) is 3.02. The SMILES string of the molecule is O=[N+]([O-])c1ccc(Nc2ccccc2I)c([N+](=O)[O-])c1. The molecule has 0 bridgehead atoms. The third-order valence-electron chi connectivity index (χ3n) is 2.53. The Morgan fingerprint density at radius 1 is 0.950 bits per heavy atom. The Morgan fingerprint density at radius 3 is 2.25 bits per heavy atom. The van der Waals surface area contributed by atoms with E-state index in [1.165, 1.54) is 12.1 Å². The number of hydrogen-bond acceptors (Lipinski definition) is 5. The summed E-state index contributed by atoms with van der Waals surface area (Å²) in [4.78, 5) is 20.4. The maximum absolute atomic E-state index is 11.0. The van der Waals surface area contributed by atoms with Crippen LogP contribution in [0, 0.1) is 23.8 Å². The zero-order valence-electron chi connectivity index (χ0n) is 9.95. The number of nitrogens with zero attached hydrogens (tertiary/aromatic N) is 2. The van der Waals surface area contributed by atoms with E-state index < -0.39 is 9.85 Å². The molecule has 0 aromatic heterocycles. The lowest BCUT2D eigenvalue weighted by Crippen LogP contribution is -1.99. The number of nitro benzene ring substituents is 2. The average molecular weight is 385 g/mol. The van der Waals surface area contributed by atoms with Crippen LogP contribution in [0.4, 0.5) is 22.7 Å². The van der Waals surface area contributed by atoms with Crippen molar-refractivity contribution in [2.45, 2.75) is 0 Å². The van der Waals surface area contributed by atoms with Crippen LogP contribution in [0.5, 0.6) is 0 Å². The maximum Gasteiger partial charge on any atom is 0.299 e. The molecule has 20 heavy (non-hydrogen) atoms. The molecule has 2 aromatic rings. The number of halogens is 1. The number of nitro groups is 2. The topological polar surface area (TPSA) is 98.3 Å². The van der Waals surface area contributed by atoms with Gasteiger partial charge in [-0.1, -0.05) is 12.1 Å². The van der Waals surface area contributed by atoms with Crippen LogP contribution in [0.2, 0.25) is 0 Å². The Labute approximate surface area is 127 Å². The van der Waals surface area contributed by atoms with Gasteiger partial charge < -0.3 is 5.32 Å². The van der Waals surface area contributed by atoms with Gasteiger partial charge in [0, 0.05) is 9.64 Å². The fraction of sp³-hybridized carbons (Fsp3) is 0. The van der Waals surface area contributed by atoms with Crippen molar-refractivity contribution < 1.29 is 9.85 Å². The largest absolute Gasteiger partial charge is 0.349 e. The van der Waals surface area contributed by atoms with Crippen molar-refractivity contribution in [1.82, 2.24) is 0 Å². The van der Waals surface area contributed by atoms with Crippen molar-refractivity contribution in [2.75, 3.05) is 5.32 Å². The van der Waals surface area contributed by atoms with E-state index in [1.54, 1.807) is 12.1 Å². The highest BCUT2D eigenvalue weighted by atomic mass is 127. The minimum Gasteiger partial charge on any atom is -0.349 e. The Kier molecular flexibility index (Phi) is 4.13. The van der Waals surface area contributed by atoms with Crippen molar-refractivity contribution >= 4 is 45.3 Å². The second kappa shape index (κ2) is 5.82. The van der Waals surface area contributed by atoms with Crippen LogP contribution < -0.4 is 5.32 Å². The van der Waals surface area contributed by atoms with E-state index in [0.29, 0.717) is 5.69 Å². The van der Waals surface area contributed by atoms with Crippen molar-refractivity contribution in [3.63, 3.8) is 0 Å². The quantitative estimate of drug-likeness (QED) is 0.490. The van der Waals surface area contributed by atoms with E-state index in [-0.39, 0.29) is 17.1 Å². The molecule has 0 aliphatic carbocycles. The molecule has 0 spiro atoms. The maximum atomic E-state index is 11.0.